The Balaban J connectivity index is 1.96. The maximum Gasteiger partial charge on any atom is 0.259 e. The van der Waals surface area contributed by atoms with Gasteiger partial charge in [-0.15, -0.1) is 0 Å². The van der Waals surface area contributed by atoms with E-state index in [1.807, 2.05) is 12.1 Å². The van der Waals surface area contributed by atoms with E-state index in [2.05, 4.69) is 38.4 Å². The molecule has 148 valence electrons. The van der Waals surface area contributed by atoms with Crippen LogP contribution in [0.15, 0.2) is 41.5 Å². The third kappa shape index (κ3) is 5.59. The number of nitrogens with zero attached hydrogens (tertiary/aromatic N) is 1. The molecule has 2 N–H and O–H groups in total. The first-order valence-electron chi connectivity index (χ1n) is 8.14. The van der Waals surface area contributed by atoms with Gasteiger partial charge in [-0.05, 0) is 40.8 Å². The summed E-state index contributed by atoms with van der Waals surface area (Å²) in [5.41, 5.74) is 3.45. The zero-order valence-corrected chi connectivity index (χ0v) is 17.8. The first kappa shape index (κ1) is 21.5. The minimum Gasteiger partial charge on any atom is -0.496 e. The number of carbonyl (C=O) groups excluding carboxylic acids is 2. The summed E-state index contributed by atoms with van der Waals surface area (Å²) >= 11 is 2.06. The van der Waals surface area contributed by atoms with E-state index in [0.29, 0.717) is 28.4 Å². The third-order valence-electron chi connectivity index (χ3n) is 3.66. The van der Waals surface area contributed by atoms with Gasteiger partial charge in [0.05, 0.1) is 39.7 Å². The number of rotatable bonds is 8. The average molecular weight is 497 g/mol. The molecule has 0 aliphatic carbocycles. The molecule has 2 aromatic rings. The van der Waals surface area contributed by atoms with Crippen LogP contribution in [0.1, 0.15) is 15.9 Å². The predicted molar refractivity (Wildman–Crippen MR) is 113 cm³/mol. The maximum absolute atomic E-state index is 12.1. The van der Waals surface area contributed by atoms with Crippen LogP contribution in [0.5, 0.6) is 17.2 Å². The van der Waals surface area contributed by atoms with Crippen LogP contribution in [-0.2, 0) is 4.79 Å². The van der Waals surface area contributed by atoms with E-state index in [0.717, 1.165) is 3.57 Å². The van der Waals surface area contributed by atoms with Crippen molar-refractivity contribution in [1.82, 2.24) is 10.7 Å². The molecule has 0 bridgehead atoms. The van der Waals surface area contributed by atoms with Crippen LogP contribution in [-0.4, -0.2) is 45.9 Å². The molecule has 2 aromatic carbocycles. The lowest BCUT2D eigenvalue weighted by molar-refractivity contribution is -0.120. The van der Waals surface area contributed by atoms with Crippen LogP contribution in [0.25, 0.3) is 0 Å². The van der Waals surface area contributed by atoms with Gasteiger partial charge in [0.2, 0.25) is 0 Å². The lowest BCUT2D eigenvalue weighted by atomic mass is 10.2. The summed E-state index contributed by atoms with van der Waals surface area (Å²) < 4.78 is 16.5. The third-order valence-corrected chi connectivity index (χ3v) is 4.60. The van der Waals surface area contributed by atoms with Gasteiger partial charge in [-0.1, -0.05) is 12.1 Å². The first-order chi connectivity index (χ1) is 13.5. The van der Waals surface area contributed by atoms with Gasteiger partial charge in [-0.2, -0.15) is 5.10 Å². The highest BCUT2D eigenvalue weighted by Crippen LogP contribution is 2.33. The maximum atomic E-state index is 12.1. The Morgan fingerprint density at radius 1 is 1.04 bits per heavy atom. The van der Waals surface area contributed by atoms with Gasteiger partial charge in [-0.3, -0.25) is 9.59 Å². The van der Waals surface area contributed by atoms with Gasteiger partial charge in [0.25, 0.3) is 11.8 Å². The van der Waals surface area contributed by atoms with Gasteiger partial charge in [-0.25, -0.2) is 5.43 Å². The molecule has 2 rings (SSSR count). The van der Waals surface area contributed by atoms with Crippen LogP contribution >= 0.6 is 22.6 Å². The highest BCUT2D eigenvalue weighted by molar-refractivity contribution is 14.1. The summed E-state index contributed by atoms with van der Waals surface area (Å²) in [4.78, 5) is 24.0. The second kappa shape index (κ2) is 10.5. The van der Waals surface area contributed by atoms with Crippen molar-refractivity contribution in [3.63, 3.8) is 0 Å². The van der Waals surface area contributed by atoms with Gasteiger partial charge in [0.1, 0.15) is 5.75 Å². The van der Waals surface area contributed by atoms with Crippen LogP contribution in [0.4, 0.5) is 0 Å². The Bertz CT molecular complexity index is 886. The normalized spacial score (nSPS) is 10.4. The Morgan fingerprint density at radius 3 is 2.32 bits per heavy atom. The van der Waals surface area contributed by atoms with E-state index in [-0.39, 0.29) is 12.5 Å². The first-order valence-corrected chi connectivity index (χ1v) is 9.22. The molecule has 0 unspecified atom stereocenters. The van der Waals surface area contributed by atoms with E-state index < -0.39 is 5.91 Å². The van der Waals surface area contributed by atoms with Crippen molar-refractivity contribution in [3.8, 4) is 17.2 Å². The monoisotopic (exact) mass is 497 g/mol. The largest absolute Gasteiger partial charge is 0.496 e. The molecule has 0 aromatic heterocycles. The fraction of sp³-hybridized carbons (Fsp3) is 0.211. The topological polar surface area (TPSA) is 98.2 Å². The number of carbonyl (C=O) groups is 2. The molecule has 0 aliphatic rings. The lowest BCUT2D eigenvalue weighted by Crippen LogP contribution is -2.35. The Labute approximate surface area is 176 Å². The van der Waals surface area contributed by atoms with Gasteiger partial charge < -0.3 is 19.5 Å². The molecule has 0 fully saturated rings. The van der Waals surface area contributed by atoms with Gasteiger partial charge in [0, 0.05) is 15.2 Å². The zero-order chi connectivity index (χ0) is 20.5. The van der Waals surface area contributed by atoms with Crippen molar-refractivity contribution in [2.24, 2.45) is 5.10 Å². The molecule has 9 heteroatoms. The summed E-state index contributed by atoms with van der Waals surface area (Å²) in [5, 5.41) is 6.45. The SMILES string of the molecule is COc1cc(OC)c(OC)cc1/C=N\NC(=O)CNC(=O)c1ccccc1I. The number of hydrazone groups is 1. The molecule has 0 aliphatic heterocycles. The second-order valence-corrected chi connectivity index (χ2v) is 6.57. The number of amides is 2. The van der Waals surface area contributed by atoms with Crippen molar-refractivity contribution in [2.45, 2.75) is 0 Å². The summed E-state index contributed by atoms with van der Waals surface area (Å²) in [7, 11) is 4.55. The number of methoxy groups -OCH3 is 3. The number of nitrogens with one attached hydrogen (secondary N) is 2. The summed E-state index contributed by atoms with van der Waals surface area (Å²) in [6.45, 7) is -0.204. The molecule has 0 spiro atoms. The van der Waals surface area contributed by atoms with Gasteiger partial charge >= 0.3 is 0 Å². The molecule has 8 nitrogen and oxygen atoms in total. The molecule has 0 heterocycles. The average Bonchev–Trinajstić information content (AvgIpc) is 2.71. The zero-order valence-electron chi connectivity index (χ0n) is 15.6. The molecule has 28 heavy (non-hydrogen) atoms. The number of ether oxygens (including phenoxy) is 3. The van der Waals surface area contributed by atoms with Crippen molar-refractivity contribution in [3.05, 3.63) is 51.1 Å². The quantitative estimate of drug-likeness (QED) is 0.331. The van der Waals surface area contributed by atoms with Crippen LogP contribution in [0.2, 0.25) is 0 Å². The Kier molecular flexibility index (Phi) is 8.05. The van der Waals surface area contributed by atoms with Crippen LogP contribution in [0.3, 0.4) is 0 Å². The van der Waals surface area contributed by atoms with Crippen LogP contribution < -0.4 is 25.0 Å². The fourth-order valence-electron chi connectivity index (χ4n) is 2.27. The molecule has 2 amide bonds. The Hall–Kier alpha value is -2.82. The molecule has 0 radical (unpaired) electrons. The molecular formula is C19H20IN3O5. The smallest absolute Gasteiger partial charge is 0.259 e. The number of benzene rings is 2. The summed E-state index contributed by atoms with van der Waals surface area (Å²) in [6, 6.07) is 10.4. The minimum absolute atomic E-state index is 0.204. The Morgan fingerprint density at radius 2 is 1.68 bits per heavy atom. The molecular weight excluding hydrogens is 477 g/mol. The van der Waals surface area contributed by atoms with Crippen LogP contribution in [0, 0.1) is 3.57 Å². The standard InChI is InChI=1S/C19H20IN3O5/c1-26-15-9-17(28-3)16(27-2)8-12(15)10-22-23-18(24)11-21-19(25)13-6-4-5-7-14(13)20/h4-10H,11H2,1-3H3,(H,21,25)(H,23,24)/b22-10-. The lowest BCUT2D eigenvalue weighted by Gasteiger charge is -2.11. The van der Waals surface area contributed by atoms with E-state index in [4.69, 9.17) is 14.2 Å². The van der Waals surface area contributed by atoms with Crippen molar-refractivity contribution in [2.75, 3.05) is 27.9 Å². The summed E-state index contributed by atoms with van der Waals surface area (Å²) in [5.74, 6) is 0.725. The fourth-order valence-corrected chi connectivity index (χ4v) is 2.90. The van der Waals surface area contributed by atoms with Crippen molar-refractivity contribution in [1.29, 1.82) is 0 Å². The van der Waals surface area contributed by atoms with E-state index in [9.17, 15) is 9.59 Å². The minimum atomic E-state index is -0.463. The predicted octanol–water partition coefficient (Wildman–Crippen LogP) is 2.20. The molecule has 0 saturated heterocycles. The van der Waals surface area contributed by atoms with Crippen molar-refractivity contribution < 1.29 is 23.8 Å². The number of hydrogen-bond donors (Lipinski definition) is 2. The molecule has 0 saturated carbocycles. The van der Waals surface area contributed by atoms with Crippen molar-refractivity contribution >= 4 is 40.6 Å². The highest BCUT2D eigenvalue weighted by atomic mass is 127. The van der Waals surface area contributed by atoms with Gasteiger partial charge in [0.15, 0.2) is 11.5 Å². The highest BCUT2D eigenvalue weighted by Gasteiger charge is 2.12. The van der Waals surface area contributed by atoms with E-state index in [1.54, 1.807) is 24.3 Å². The summed E-state index contributed by atoms with van der Waals surface area (Å²) in [6.07, 6.45) is 1.42. The van der Waals surface area contributed by atoms with E-state index in [1.165, 1.54) is 27.5 Å². The number of hydrogen-bond acceptors (Lipinski definition) is 6. The van der Waals surface area contributed by atoms with E-state index >= 15 is 0 Å². The second-order valence-electron chi connectivity index (χ2n) is 5.40. The molecule has 0 atom stereocenters. The number of halogens is 1.